The van der Waals surface area contributed by atoms with Crippen molar-refractivity contribution in [2.45, 2.75) is 13.0 Å². The maximum absolute atomic E-state index is 12.7. The van der Waals surface area contributed by atoms with Gasteiger partial charge in [-0.25, -0.2) is 14.4 Å². The molecule has 0 spiro atoms. The van der Waals surface area contributed by atoms with Gasteiger partial charge in [-0.1, -0.05) is 36.4 Å². The first-order valence-corrected chi connectivity index (χ1v) is 9.69. The first-order valence-electron chi connectivity index (χ1n) is 9.69. The van der Waals surface area contributed by atoms with E-state index in [1.807, 2.05) is 6.07 Å². The molecule has 1 aromatic heterocycles. The van der Waals surface area contributed by atoms with E-state index >= 15 is 0 Å². The molecule has 0 radical (unpaired) electrons. The summed E-state index contributed by atoms with van der Waals surface area (Å²) in [6.07, 6.45) is 1.65. The number of aromatic amines is 1. The van der Waals surface area contributed by atoms with Crippen LogP contribution in [0.15, 0.2) is 66.0 Å². The summed E-state index contributed by atoms with van der Waals surface area (Å²) in [5, 5.41) is 12.9. The number of carbonyl (C=O) groups excluding carboxylic acids is 3. The van der Waals surface area contributed by atoms with Crippen molar-refractivity contribution in [1.29, 1.82) is 0 Å². The number of H-pyrrole nitrogens is 1. The Morgan fingerprint density at radius 1 is 1.06 bits per heavy atom. The Labute approximate surface area is 177 Å². The molecule has 4 rings (SSSR count). The number of carbonyl (C=O) groups is 3. The molecule has 2 amide bonds. The number of fused-ring (bicyclic) bond motifs is 1. The number of urea groups is 1. The van der Waals surface area contributed by atoms with Crippen LogP contribution in [0.5, 0.6) is 0 Å². The molecule has 0 fully saturated rings. The van der Waals surface area contributed by atoms with E-state index in [0.717, 1.165) is 5.39 Å². The van der Waals surface area contributed by atoms with E-state index in [1.54, 1.807) is 55.6 Å². The average Bonchev–Trinajstić information content (AvgIpc) is 3.25. The predicted molar refractivity (Wildman–Crippen MR) is 111 cm³/mol. The van der Waals surface area contributed by atoms with Crippen LogP contribution in [-0.2, 0) is 14.3 Å². The van der Waals surface area contributed by atoms with Gasteiger partial charge in [0.25, 0.3) is 0 Å². The number of hydrogen-bond acceptors (Lipinski definition) is 6. The number of aromatic nitrogens is 2. The van der Waals surface area contributed by atoms with E-state index in [9.17, 15) is 14.4 Å². The number of esters is 2. The van der Waals surface area contributed by atoms with Gasteiger partial charge in [0.15, 0.2) is 0 Å². The summed E-state index contributed by atoms with van der Waals surface area (Å²) >= 11 is 0. The lowest BCUT2D eigenvalue weighted by Gasteiger charge is -2.29. The Bertz CT molecular complexity index is 1170. The maximum atomic E-state index is 12.7. The molecule has 1 atom stereocenters. The van der Waals surface area contributed by atoms with Gasteiger partial charge in [0.1, 0.15) is 6.61 Å². The fourth-order valence-electron chi connectivity index (χ4n) is 3.36. The molecule has 158 valence electrons. The van der Waals surface area contributed by atoms with Gasteiger partial charge >= 0.3 is 18.0 Å². The van der Waals surface area contributed by atoms with Crippen LogP contribution in [0.25, 0.3) is 10.9 Å². The highest BCUT2D eigenvalue weighted by Crippen LogP contribution is 2.28. The van der Waals surface area contributed by atoms with E-state index in [0.29, 0.717) is 16.6 Å². The van der Waals surface area contributed by atoms with Crippen molar-refractivity contribution in [1.82, 2.24) is 20.8 Å². The van der Waals surface area contributed by atoms with Crippen LogP contribution in [0.3, 0.4) is 0 Å². The van der Waals surface area contributed by atoms with Crippen LogP contribution in [0.4, 0.5) is 4.79 Å². The molecule has 1 aliphatic heterocycles. The summed E-state index contributed by atoms with van der Waals surface area (Å²) in [4.78, 5) is 37.5. The van der Waals surface area contributed by atoms with Crippen molar-refractivity contribution < 1.29 is 23.9 Å². The number of hydrogen-bond donors (Lipinski definition) is 3. The lowest BCUT2D eigenvalue weighted by Crippen LogP contribution is -2.47. The number of nitrogens with one attached hydrogen (secondary N) is 3. The van der Waals surface area contributed by atoms with Gasteiger partial charge in [0.2, 0.25) is 0 Å². The SMILES string of the molecule is CCOC(=O)C1=C(COC(=O)c2ccc3cn[nH]c3c2)NC(=O)N[C@@H]1c1ccccc1. The molecule has 0 unspecified atom stereocenters. The third-order valence-electron chi connectivity index (χ3n) is 4.81. The quantitative estimate of drug-likeness (QED) is 0.527. The van der Waals surface area contributed by atoms with E-state index in [-0.39, 0.29) is 24.5 Å². The molecule has 0 aliphatic carbocycles. The summed E-state index contributed by atoms with van der Waals surface area (Å²) in [6.45, 7) is 1.55. The van der Waals surface area contributed by atoms with Crippen LogP contribution in [0.1, 0.15) is 28.9 Å². The van der Waals surface area contributed by atoms with Crippen molar-refractivity contribution in [3.05, 3.63) is 77.1 Å². The normalized spacial score (nSPS) is 15.9. The molecule has 3 N–H and O–H groups in total. The lowest BCUT2D eigenvalue weighted by atomic mass is 9.95. The van der Waals surface area contributed by atoms with Crippen LogP contribution in [0.2, 0.25) is 0 Å². The van der Waals surface area contributed by atoms with Gasteiger partial charge in [0, 0.05) is 5.39 Å². The smallest absolute Gasteiger partial charge is 0.338 e. The van der Waals surface area contributed by atoms with Gasteiger partial charge < -0.3 is 20.1 Å². The van der Waals surface area contributed by atoms with Crippen LogP contribution < -0.4 is 10.6 Å². The van der Waals surface area contributed by atoms with E-state index in [2.05, 4.69) is 20.8 Å². The van der Waals surface area contributed by atoms with Gasteiger partial charge in [-0.15, -0.1) is 0 Å². The molecule has 9 heteroatoms. The fourth-order valence-corrected chi connectivity index (χ4v) is 3.36. The van der Waals surface area contributed by atoms with E-state index in [4.69, 9.17) is 9.47 Å². The third kappa shape index (κ3) is 4.25. The van der Waals surface area contributed by atoms with Crippen LogP contribution >= 0.6 is 0 Å². The second kappa shape index (κ2) is 8.70. The molecule has 2 heterocycles. The molecule has 31 heavy (non-hydrogen) atoms. The Morgan fingerprint density at radius 2 is 1.87 bits per heavy atom. The largest absolute Gasteiger partial charge is 0.463 e. The van der Waals surface area contributed by atoms with Crippen molar-refractivity contribution in [2.75, 3.05) is 13.2 Å². The molecular weight excluding hydrogens is 400 g/mol. The van der Waals surface area contributed by atoms with Gasteiger partial charge in [-0.05, 0) is 24.6 Å². The molecule has 9 nitrogen and oxygen atoms in total. The number of amides is 2. The van der Waals surface area contributed by atoms with Crippen molar-refractivity contribution >= 4 is 28.9 Å². The third-order valence-corrected chi connectivity index (χ3v) is 4.81. The van der Waals surface area contributed by atoms with Crippen molar-refractivity contribution in [3.63, 3.8) is 0 Å². The minimum atomic E-state index is -0.732. The summed E-state index contributed by atoms with van der Waals surface area (Å²) in [5.74, 6) is -1.20. The highest BCUT2D eigenvalue weighted by Gasteiger charge is 2.34. The zero-order valence-electron chi connectivity index (χ0n) is 16.7. The zero-order valence-corrected chi connectivity index (χ0v) is 16.7. The molecule has 2 aromatic carbocycles. The van der Waals surface area contributed by atoms with Crippen LogP contribution in [0, 0.1) is 0 Å². The molecule has 0 bridgehead atoms. The maximum Gasteiger partial charge on any atom is 0.338 e. The van der Waals surface area contributed by atoms with Crippen molar-refractivity contribution in [3.8, 4) is 0 Å². The minimum absolute atomic E-state index is 0.162. The minimum Gasteiger partial charge on any atom is -0.463 e. The lowest BCUT2D eigenvalue weighted by molar-refractivity contribution is -0.139. The van der Waals surface area contributed by atoms with E-state index in [1.165, 1.54) is 0 Å². The first-order chi connectivity index (χ1) is 15.1. The highest BCUT2D eigenvalue weighted by molar-refractivity contribution is 5.96. The molecule has 3 aromatic rings. The number of benzene rings is 2. The summed E-state index contributed by atoms with van der Waals surface area (Å²) in [7, 11) is 0. The topological polar surface area (TPSA) is 122 Å². The Morgan fingerprint density at radius 3 is 2.65 bits per heavy atom. The highest BCUT2D eigenvalue weighted by atomic mass is 16.5. The number of nitrogens with zero attached hydrogens (tertiary/aromatic N) is 1. The Kier molecular flexibility index (Phi) is 5.65. The second-order valence-corrected chi connectivity index (χ2v) is 6.80. The monoisotopic (exact) mass is 420 g/mol. The van der Waals surface area contributed by atoms with Gasteiger partial charge in [0.05, 0.1) is 41.2 Å². The zero-order chi connectivity index (χ0) is 21.8. The van der Waals surface area contributed by atoms with Crippen molar-refractivity contribution in [2.24, 2.45) is 0 Å². The number of rotatable bonds is 6. The van der Waals surface area contributed by atoms with E-state index < -0.39 is 24.0 Å². The average molecular weight is 420 g/mol. The summed E-state index contributed by atoms with van der Waals surface area (Å²) in [5.41, 5.74) is 2.07. The Balaban J connectivity index is 1.62. The van der Waals surface area contributed by atoms with Gasteiger partial charge in [-0.2, -0.15) is 5.10 Å². The first kappa shape index (κ1) is 20.1. The predicted octanol–water partition coefficient (Wildman–Crippen LogP) is 2.59. The standard InChI is InChI=1S/C22H20N4O5/c1-2-30-21(28)18-17(24-22(29)25-19(18)13-6-4-3-5-7-13)12-31-20(27)14-8-9-15-11-23-26-16(15)10-14/h3-11,19H,2,12H2,1H3,(H,23,26)(H2,24,25,29)/t19-/m1/s1. The van der Waals surface area contributed by atoms with Gasteiger partial charge in [-0.3, -0.25) is 5.10 Å². The number of ether oxygens (including phenoxy) is 2. The molecule has 0 saturated heterocycles. The van der Waals surface area contributed by atoms with Crippen LogP contribution in [-0.4, -0.2) is 41.4 Å². The molecule has 0 saturated carbocycles. The molecular formula is C22H20N4O5. The summed E-state index contributed by atoms with van der Waals surface area (Å²) < 4.78 is 10.6. The Hall–Kier alpha value is -4.14. The fraction of sp³-hybridized carbons (Fsp3) is 0.182. The molecule has 1 aliphatic rings. The second-order valence-electron chi connectivity index (χ2n) is 6.80. The summed E-state index contributed by atoms with van der Waals surface area (Å²) in [6, 6.07) is 12.8.